The molecule has 0 aromatic carbocycles. The zero-order chi connectivity index (χ0) is 15.2. The summed E-state index contributed by atoms with van der Waals surface area (Å²) >= 11 is 0. The van der Waals surface area contributed by atoms with E-state index in [1.165, 1.54) is 25.4 Å². The van der Waals surface area contributed by atoms with Gasteiger partial charge in [-0.2, -0.15) is 0 Å². The Balaban J connectivity index is 2.00. The Morgan fingerprint density at radius 3 is 2.71 bits per heavy atom. The number of carboxylic acids is 1. The minimum atomic E-state index is -1.18. The highest BCUT2D eigenvalue weighted by Gasteiger charge is 2.10. The molecule has 7 nitrogen and oxygen atoms in total. The molecule has 0 radical (unpaired) electrons. The van der Waals surface area contributed by atoms with Crippen LogP contribution in [0.15, 0.2) is 36.7 Å². The lowest BCUT2D eigenvalue weighted by Gasteiger charge is -2.06. The van der Waals surface area contributed by atoms with Gasteiger partial charge in [0, 0.05) is 30.6 Å². The number of carbonyl (C=O) groups is 2. The molecule has 2 aromatic heterocycles. The Morgan fingerprint density at radius 2 is 2.10 bits per heavy atom. The highest BCUT2D eigenvalue weighted by molar-refractivity contribution is 5.96. The number of amides is 1. The van der Waals surface area contributed by atoms with Crippen molar-refractivity contribution in [3.8, 4) is 5.88 Å². The van der Waals surface area contributed by atoms with Crippen molar-refractivity contribution < 1.29 is 19.4 Å². The molecule has 21 heavy (non-hydrogen) atoms. The third-order valence-corrected chi connectivity index (χ3v) is 2.70. The van der Waals surface area contributed by atoms with Crippen molar-refractivity contribution in [1.29, 1.82) is 0 Å². The number of nitrogens with zero attached hydrogens (tertiary/aromatic N) is 2. The first kappa shape index (κ1) is 14.4. The summed E-state index contributed by atoms with van der Waals surface area (Å²) in [4.78, 5) is 30.4. The summed E-state index contributed by atoms with van der Waals surface area (Å²) in [5.74, 6) is -1.06. The number of nitrogens with one attached hydrogen (secondary N) is 1. The van der Waals surface area contributed by atoms with Crippen LogP contribution in [0, 0.1) is 0 Å². The number of aromatic carboxylic acids is 1. The van der Waals surface area contributed by atoms with E-state index < -0.39 is 5.97 Å². The van der Waals surface area contributed by atoms with E-state index in [9.17, 15) is 9.59 Å². The fourth-order valence-corrected chi connectivity index (χ4v) is 1.61. The quantitative estimate of drug-likeness (QED) is 0.854. The molecule has 7 heteroatoms. The third-order valence-electron chi connectivity index (χ3n) is 2.70. The number of pyridine rings is 2. The second-order valence-electron chi connectivity index (χ2n) is 4.13. The summed E-state index contributed by atoms with van der Waals surface area (Å²) in [6.07, 6.45) is 2.88. The number of methoxy groups -OCH3 is 1. The van der Waals surface area contributed by atoms with Crippen LogP contribution in [-0.2, 0) is 6.54 Å². The Kier molecular flexibility index (Phi) is 4.45. The first-order valence-corrected chi connectivity index (χ1v) is 6.06. The van der Waals surface area contributed by atoms with Gasteiger partial charge < -0.3 is 15.2 Å². The Labute approximate surface area is 120 Å². The molecule has 2 aromatic rings. The number of hydrogen-bond donors (Lipinski definition) is 2. The summed E-state index contributed by atoms with van der Waals surface area (Å²) < 4.78 is 4.94. The van der Waals surface area contributed by atoms with Gasteiger partial charge in [-0.3, -0.25) is 4.79 Å². The maximum Gasteiger partial charge on any atom is 0.354 e. The molecule has 0 aliphatic heterocycles. The van der Waals surface area contributed by atoms with Crippen molar-refractivity contribution in [3.05, 3.63) is 53.5 Å². The lowest BCUT2D eigenvalue weighted by molar-refractivity contribution is 0.0690. The number of aromatic nitrogens is 2. The van der Waals surface area contributed by atoms with Crippen LogP contribution in [0.1, 0.15) is 26.4 Å². The molecule has 108 valence electrons. The molecule has 0 fully saturated rings. The highest BCUT2D eigenvalue weighted by atomic mass is 16.5. The predicted molar refractivity (Wildman–Crippen MR) is 73.2 cm³/mol. The van der Waals surface area contributed by atoms with Crippen molar-refractivity contribution in [2.45, 2.75) is 6.54 Å². The smallest absolute Gasteiger partial charge is 0.354 e. The Bertz CT molecular complexity index is 656. The second kappa shape index (κ2) is 6.47. The maximum atomic E-state index is 11.9. The normalized spacial score (nSPS) is 9.95. The molecule has 0 spiro atoms. The van der Waals surface area contributed by atoms with Crippen LogP contribution in [0.4, 0.5) is 0 Å². The monoisotopic (exact) mass is 287 g/mol. The van der Waals surface area contributed by atoms with Gasteiger partial charge in [-0.05, 0) is 17.7 Å². The van der Waals surface area contributed by atoms with Gasteiger partial charge in [0.2, 0.25) is 5.88 Å². The van der Waals surface area contributed by atoms with Crippen LogP contribution in [0.2, 0.25) is 0 Å². The van der Waals surface area contributed by atoms with Gasteiger partial charge in [0.1, 0.15) is 5.69 Å². The van der Waals surface area contributed by atoms with Gasteiger partial charge >= 0.3 is 5.97 Å². The predicted octanol–water partition coefficient (Wildman–Crippen LogP) is 1.11. The van der Waals surface area contributed by atoms with E-state index in [2.05, 4.69) is 15.3 Å². The molecule has 2 N–H and O–H groups in total. The van der Waals surface area contributed by atoms with Crippen LogP contribution in [0.25, 0.3) is 0 Å². The summed E-state index contributed by atoms with van der Waals surface area (Å²) in [5, 5.41) is 11.5. The minimum Gasteiger partial charge on any atom is -0.481 e. The standard InChI is InChI=1S/C14H13N3O4/c1-21-12-3-2-9(7-16-12)8-17-13(18)10-4-5-15-11(6-10)14(19)20/h2-7H,8H2,1H3,(H,17,18)(H,19,20). The average Bonchev–Trinajstić information content (AvgIpc) is 2.53. The van der Waals surface area contributed by atoms with Crippen molar-refractivity contribution in [2.75, 3.05) is 7.11 Å². The number of rotatable bonds is 5. The van der Waals surface area contributed by atoms with E-state index in [-0.39, 0.29) is 23.7 Å². The summed E-state index contributed by atoms with van der Waals surface area (Å²) in [5.41, 5.74) is 0.870. The highest BCUT2D eigenvalue weighted by Crippen LogP contribution is 2.07. The molecule has 2 rings (SSSR count). The van der Waals surface area contributed by atoms with Gasteiger partial charge in [0.25, 0.3) is 5.91 Å². The molecule has 0 atom stereocenters. The van der Waals surface area contributed by atoms with Gasteiger partial charge in [-0.15, -0.1) is 0 Å². The topological polar surface area (TPSA) is 101 Å². The number of carboxylic acid groups (broad SMARTS) is 1. The first-order valence-electron chi connectivity index (χ1n) is 6.06. The van der Waals surface area contributed by atoms with Crippen LogP contribution >= 0.6 is 0 Å². The van der Waals surface area contributed by atoms with E-state index >= 15 is 0 Å². The van der Waals surface area contributed by atoms with Crippen LogP contribution < -0.4 is 10.1 Å². The van der Waals surface area contributed by atoms with E-state index in [1.807, 2.05) is 0 Å². The minimum absolute atomic E-state index is 0.172. The SMILES string of the molecule is COc1ccc(CNC(=O)c2ccnc(C(=O)O)c2)cn1. The maximum absolute atomic E-state index is 11.9. The van der Waals surface area contributed by atoms with Gasteiger partial charge in [0.15, 0.2) is 0 Å². The molecule has 0 aliphatic carbocycles. The van der Waals surface area contributed by atoms with E-state index in [0.717, 1.165) is 5.56 Å². The Morgan fingerprint density at radius 1 is 1.29 bits per heavy atom. The molecule has 0 saturated heterocycles. The molecular formula is C14H13N3O4. The van der Waals surface area contributed by atoms with Crippen molar-refractivity contribution in [3.63, 3.8) is 0 Å². The fourth-order valence-electron chi connectivity index (χ4n) is 1.61. The van der Waals surface area contributed by atoms with E-state index in [0.29, 0.717) is 5.88 Å². The molecular weight excluding hydrogens is 274 g/mol. The number of carbonyl (C=O) groups excluding carboxylic acids is 1. The molecule has 0 bridgehead atoms. The zero-order valence-corrected chi connectivity index (χ0v) is 11.2. The Hall–Kier alpha value is -2.96. The molecule has 0 unspecified atom stereocenters. The van der Waals surface area contributed by atoms with Gasteiger partial charge in [0.05, 0.1) is 7.11 Å². The van der Waals surface area contributed by atoms with E-state index in [4.69, 9.17) is 9.84 Å². The molecule has 0 saturated carbocycles. The van der Waals surface area contributed by atoms with E-state index in [1.54, 1.807) is 18.3 Å². The zero-order valence-electron chi connectivity index (χ0n) is 11.2. The summed E-state index contributed by atoms with van der Waals surface area (Å²) in [6.45, 7) is 0.278. The molecule has 1 amide bonds. The van der Waals surface area contributed by atoms with Crippen LogP contribution in [0.3, 0.4) is 0 Å². The second-order valence-corrected chi connectivity index (χ2v) is 4.13. The molecule has 0 aliphatic rings. The average molecular weight is 287 g/mol. The number of ether oxygens (including phenoxy) is 1. The first-order chi connectivity index (χ1) is 10.1. The van der Waals surface area contributed by atoms with Crippen LogP contribution in [0.5, 0.6) is 5.88 Å². The van der Waals surface area contributed by atoms with Gasteiger partial charge in [-0.1, -0.05) is 6.07 Å². The van der Waals surface area contributed by atoms with Crippen molar-refractivity contribution >= 4 is 11.9 Å². The number of hydrogen-bond acceptors (Lipinski definition) is 5. The largest absolute Gasteiger partial charge is 0.481 e. The lowest BCUT2D eigenvalue weighted by Crippen LogP contribution is -2.23. The fraction of sp³-hybridized carbons (Fsp3) is 0.143. The summed E-state index contributed by atoms with van der Waals surface area (Å²) in [6, 6.07) is 6.15. The van der Waals surface area contributed by atoms with Crippen molar-refractivity contribution in [1.82, 2.24) is 15.3 Å². The molecule has 2 heterocycles. The summed E-state index contributed by atoms with van der Waals surface area (Å²) in [7, 11) is 1.52. The van der Waals surface area contributed by atoms with Gasteiger partial charge in [-0.25, -0.2) is 14.8 Å². The lowest BCUT2D eigenvalue weighted by atomic mass is 10.2. The van der Waals surface area contributed by atoms with Crippen molar-refractivity contribution in [2.24, 2.45) is 0 Å². The van der Waals surface area contributed by atoms with Crippen LogP contribution in [-0.4, -0.2) is 34.1 Å². The third kappa shape index (κ3) is 3.75.